The molecule has 17 heavy (non-hydrogen) atoms. The van der Waals surface area contributed by atoms with Crippen molar-refractivity contribution in [1.29, 1.82) is 0 Å². The van der Waals surface area contributed by atoms with Gasteiger partial charge in [-0.2, -0.15) is 0 Å². The maximum absolute atomic E-state index is 12.9. The number of ether oxygens (including phenoxy) is 1. The predicted octanol–water partition coefficient (Wildman–Crippen LogP) is 1.86. The Kier molecular flexibility index (Phi) is 3.53. The molecule has 1 aromatic rings. The van der Waals surface area contributed by atoms with E-state index in [2.05, 4.69) is 5.32 Å². The summed E-state index contributed by atoms with van der Waals surface area (Å²) in [5.74, 6) is -0.520. The normalized spacial score (nSPS) is 19.2. The zero-order chi connectivity index (χ0) is 12.3. The Morgan fingerprint density at radius 3 is 3.06 bits per heavy atom. The predicted molar refractivity (Wildman–Crippen MR) is 59.6 cm³/mol. The summed E-state index contributed by atoms with van der Waals surface area (Å²) in [5, 5.41) is 13.9. The number of hydrogen-bond acceptors (Lipinski definition) is 4. The Morgan fingerprint density at radius 1 is 1.59 bits per heavy atom. The highest BCUT2D eigenvalue weighted by Crippen LogP contribution is 2.27. The molecule has 0 saturated carbocycles. The van der Waals surface area contributed by atoms with Crippen LogP contribution in [0.2, 0.25) is 0 Å². The van der Waals surface area contributed by atoms with E-state index in [9.17, 15) is 14.5 Å². The Labute approximate surface area is 97.7 Å². The molecule has 0 spiro atoms. The van der Waals surface area contributed by atoms with Crippen LogP contribution in [0.5, 0.6) is 5.75 Å². The van der Waals surface area contributed by atoms with Gasteiger partial charge in [-0.1, -0.05) is 0 Å². The Hall–Kier alpha value is -1.69. The Morgan fingerprint density at radius 2 is 2.41 bits per heavy atom. The van der Waals surface area contributed by atoms with Crippen LogP contribution in [0, 0.1) is 15.9 Å². The standard InChI is InChI=1S/C11H13FN2O3/c12-8-3-4-11(10(6-8)14(15)16)17-7-9-2-1-5-13-9/h3-4,6,9,13H,1-2,5,7H2/t9-/m0/s1. The minimum atomic E-state index is -0.638. The molecule has 0 unspecified atom stereocenters. The van der Waals surface area contributed by atoms with Crippen molar-refractivity contribution in [3.8, 4) is 5.75 Å². The molecule has 0 aliphatic carbocycles. The molecule has 1 fully saturated rings. The summed E-state index contributed by atoms with van der Waals surface area (Å²) in [7, 11) is 0. The van der Waals surface area contributed by atoms with E-state index < -0.39 is 10.7 Å². The third kappa shape index (κ3) is 2.91. The average Bonchev–Trinajstić information content (AvgIpc) is 2.80. The summed E-state index contributed by atoms with van der Waals surface area (Å²) < 4.78 is 18.2. The van der Waals surface area contributed by atoms with Gasteiger partial charge in [0.1, 0.15) is 12.4 Å². The molecule has 5 nitrogen and oxygen atoms in total. The largest absolute Gasteiger partial charge is 0.485 e. The third-order valence-corrected chi connectivity index (χ3v) is 2.72. The zero-order valence-electron chi connectivity index (χ0n) is 9.19. The summed E-state index contributed by atoms with van der Waals surface area (Å²) in [5.41, 5.74) is -0.331. The van der Waals surface area contributed by atoms with Gasteiger partial charge >= 0.3 is 5.69 Å². The number of halogens is 1. The SMILES string of the molecule is O=[N+]([O-])c1cc(F)ccc1OC[C@@H]1CCCN1. The van der Waals surface area contributed by atoms with E-state index in [0.29, 0.717) is 6.61 Å². The minimum Gasteiger partial charge on any atom is -0.485 e. The van der Waals surface area contributed by atoms with E-state index >= 15 is 0 Å². The second-order valence-electron chi connectivity index (χ2n) is 3.97. The monoisotopic (exact) mass is 240 g/mol. The first-order chi connectivity index (χ1) is 8.16. The van der Waals surface area contributed by atoms with Crippen LogP contribution in [-0.2, 0) is 0 Å². The lowest BCUT2D eigenvalue weighted by atomic mass is 10.2. The van der Waals surface area contributed by atoms with Crippen LogP contribution in [-0.4, -0.2) is 24.1 Å². The van der Waals surface area contributed by atoms with Crippen molar-refractivity contribution in [2.45, 2.75) is 18.9 Å². The molecule has 1 heterocycles. The van der Waals surface area contributed by atoms with Crippen LogP contribution in [0.4, 0.5) is 10.1 Å². The first-order valence-corrected chi connectivity index (χ1v) is 5.47. The summed E-state index contributed by atoms with van der Waals surface area (Å²) in [6, 6.07) is 3.55. The summed E-state index contributed by atoms with van der Waals surface area (Å²) in [4.78, 5) is 10.1. The van der Waals surface area contributed by atoms with Crippen LogP contribution in [0.3, 0.4) is 0 Å². The quantitative estimate of drug-likeness (QED) is 0.644. The zero-order valence-corrected chi connectivity index (χ0v) is 9.19. The smallest absolute Gasteiger partial charge is 0.313 e. The number of nitrogens with one attached hydrogen (secondary N) is 1. The average molecular weight is 240 g/mol. The van der Waals surface area contributed by atoms with Crippen LogP contribution in [0.15, 0.2) is 18.2 Å². The lowest BCUT2D eigenvalue weighted by Crippen LogP contribution is -2.28. The summed E-state index contributed by atoms with van der Waals surface area (Å²) in [6.07, 6.45) is 2.08. The van der Waals surface area contributed by atoms with Crippen LogP contribution >= 0.6 is 0 Å². The molecule has 92 valence electrons. The van der Waals surface area contributed by atoms with Gasteiger partial charge in [0.25, 0.3) is 0 Å². The summed E-state index contributed by atoms with van der Waals surface area (Å²) >= 11 is 0. The fourth-order valence-corrected chi connectivity index (χ4v) is 1.84. The maximum atomic E-state index is 12.9. The Bertz CT molecular complexity index is 419. The number of nitro benzene ring substituents is 1. The molecule has 6 heteroatoms. The van der Waals surface area contributed by atoms with Crippen molar-refractivity contribution in [3.63, 3.8) is 0 Å². The molecule has 1 N–H and O–H groups in total. The molecule has 1 atom stereocenters. The van der Waals surface area contributed by atoms with Gasteiger partial charge in [0.05, 0.1) is 11.0 Å². The fourth-order valence-electron chi connectivity index (χ4n) is 1.84. The number of nitrogens with zero attached hydrogens (tertiary/aromatic N) is 1. The molecule has 1 saturated heterocycles. The molecular weight excluding hydrogens is 227 g/mol. The van der Waals surface area contributed by atoms with E-state index in [1.54, 1.807) is 0 Å². The highest BCUT2D eigenvalue weighted by atomic mass is 19.1. The van der Waals surface area contributed by atoms with Gasteiger partial charge in [-0.3, -0.25) is 10.1 Å². The van der Waals surface area contributed by atoms with Crippen molar-refractivity contribution in [2.75, 3.05) is 13.2 Å². The van der Waals surface area contributed by atoms with Gasteiger partial charge in [-0.15, -0.1) is 0 Å². The van der Waals surface area contributed by atoms with E-state index in [4.69, 9.17) is 4.74 Å². The molecule has 0 amide bonds. The number of rotatable bonds is 4. The highest BCUT2D eigenvalue weighted by Gasteiger charge is 2.19. The van der Waals surface area contributed by atoms with Crippen molar-refractivity contribution in [1.82, 2.24) is 5.32 Å². The molecular formula is C11H13FN2O3. The van der Waals surface area contributed by atoms with Gasteiger partial charge in [-0.05, 0) is 31.5 Å². The number of hydrogen-bond donors (Lipinski definition) is 1. The molecule has 0 bridgehead atoms. The van der Waals surface area contributed by atoms with E-state index in [-0.39, 0.29) is 17.5 Å². The van der Waals surface area contributed by atoms with Crippen LogP contribution in [0.25, 0.3) is 0 Å². The van der Waals surface area contributed by atoms with E-state index in [1.165, 1.54) is 6.07 Å². The van der Waals surface area contributed by atoms with Crippen molar-refractivity contribution in [2.24, 2.45) is 0 Å². The van der Waals surface area contributed by atoms with E-state index in [1.807, 2.05) is 0 Å². The fraction of sp³-hybridized carbons (Fsp3) is 0.455. The summed E-state index contributed by atoms with van der Waals surface area (Å²) in [6.45, 7) is 1.31. The van der Waals surface area contributed by atoms with Crippen molar-refractivity contribution in [3.05, 3.63) is 34.1 Å². The second-order valence-corrected chi connectivity index (χ2v) is 3.97. The molecule has 1 aliphatic rings. The van der Waals surface area contributed by atoms with Gasteiger partial charge in [-0.25, -0.2) is 4.39 Å². The van der Waals surface area contributed by atoms with Gasteiger partial charge in [0.2, 0.25) is 0 Å². The number of nitro groups is 1. The molecule has 1 aliphatic heterocycles. The first kappa shape index (κ1) is 11.8. The van der Waals surface area contributed by atoms with Crippen LogP contribution in [0.1, 0.15) is 12.8 Å². The van der Waals surface area contributed by atoms with Gasteiger partial charge < -0.3 is 10.1 Å². The van der Waals surface area contributed by atoms with Crippen molar-refractivity contribution < 1.29 is 14.1 Å². The first-order valence-electron chi connectivity index (χ1n) is 5.47. The van der Waals surface area contributed by atoms with E-state index in [0.717, 1.165) is 31.5 Å². The Balaban J connectivity index is 2.06. The maximum Gasteiger partial charge on any atom is 0.313 e. The minimum absolute atomic E-state index is 0.116. The molecule has 1 aromatic carbocycles. The second kappa shape index (κ2) is 5.09. The number of benzene rings is 1. The molecule has 0 aromatic heterocycles. The van der Waals surface area contributed by atoms with Crippen molar-refractivity contribution >= 4 is 5.69 Å². The molecule has 2 rings (SSSR count). The van der Waals surface area contributed by atoms with Gasteiger partial charge in [0.15, 0.2) is 5.75 Å². The lowest BCUT2D eigenvalue weighted by molar-refractivity contribution is -0.386. The van der Waals surface area contributed by atoms with Crippen LogP contribution < -0.4 is 10.1 Å². The topological polar surface area (TPSA) is 64.4 Å². The molecule has 0 radical (unpaired) electrons. The lowest BCUT2D eigenvalue weighted by Gasteiger charge is -2.11. The van der Waals surface area contributed by atoms with Gasteiger partial charge in [0, 0.05) is 6.04 Å². The highest BCUT2D eigenvalue weighted by molar-refractivity contribution is 5.46. The third-order valence-electron chi connectivity index (χ3n) is 2.72.